The van der Waals surface area contributed by atoms with Gasteiger partial charge >= 0.3 is 5.97 Å². The second-order valence-corrected chi connectivity index (χ2v) is 5.36. The van der Waals surface area contributed by atoms with Crippen LogP contribution in [0.3, 0.4) is 0 Å². The van der Waals surface area contributed by atoms with Crippen LogP contribution in [-0.2, 0) is 15.1 Å². The van der Waals surface area contributed by atoms with E-state index >= 15 is 0 Å². The van der Waals surface area contributed by atoms with E-state index in [1.807, 2.05) is 0 Å². The van der Waals surface area contributed by atoms with Gasteiger partial charge in [0, 0.05) is 5.02 Å². The molecule has 18 heavy (non-hydrogen) atoms. The minimum absolute atomic E-state index is 0.291. The first-order chi connectivity index (χ1) is 8.23. The van der Waals surface area contributed by atoms with Crippen molar-refractivity contribution in [2.75, 3.05) is 6.61 Å². The van der Waals surface area contributed by atoms with Gasteiger partial charge in [-0.1, -0.05) is 23.7 Å². The lowest BCUT2D eigenvalue weighted by molar-refractivity contribution is -0.170. The minimum Gasteiger partial charge on any atom is -0.465 e. The van der Waals surface area contributed by atoms with Crippen molar-refractivity contribution in [3.8, 4) is 0 Å². The predicted octanol–water partition coefficient (Wildman–Crippen LogP) is 3.14. The van der Waals surface area contributed by atoms with Gasteiger partial charge in [-0.15, -0.1) is 0 Å². The number of halogens is 1. The van der Waals surface area contributed by atoms with E-state index in [-0.39, 0.29) is 0 Å². The van der Waals surface area contributed by atoms with Gasteiger partial charge in [0.25, 0.3) is 0 Å². The van der Waals surface area contributed by atoms with Crippen LogP contribution in [0.25, 0.3) is 0 Å². The van der Waals surface area contributed by atoms with Crippen molar-refractivity contribution < 1.29 is 14.6 Å². The van der Waals surface area contributed by atoms with E-state index in [2.05, 4.69) is 0 Å². The molecule has 0 aromatic heterocycles. The molecule has 1 aromatic carbocycles. The van der Waals surface area contributed by atoms with E-state index in [0.29, 0.717) is 17.2 Å². The molecule has 1 unspecified atom stereocenters. The zero-order chi connectivity index (χ0) is 14.0. The molecule has 0 spiro atoms. The van der Waals surface area contributed by atoms with Crippen LogP contribution < -0.4 is 0 Å². The van der Waals surface area contributed by atoms with Crippen molar-refractivity contribution in [2.45, 2.75) is 33.3 Å². The van der Waals surface area contributed by atoms with Gasteiger partial charge in [0.15, 0.2) is 0 Å². The molecule has 1 atom stereocenters. The fraction of sp³-hybridized carbons (Fsp3) is 0.500. The molecule has 0 aliphatic heterocycles. The van der Waals surface area contributed by atoms with E-state index < -0.39 is 17.0 Å². The lowest BCUT2D eigenvalue weighted by Crippen LogP contribution is -2.46. The Bertz CT molecular complexity index is 421. The van der Waals surface area contributed by atoms with E-state index in [9.17, 15) is 9.90 Å². The topological polar surface area (TPSA) is 46.5 Å². The molecule has 0 radical (unpaired) electrons. The number of ether oxygens (including phenoxy) is 1. The molecule has 1 aromatic rings. The molecule has 0 amide bonds. The average molecular weight is 271 g/mol. The predicted molar refractivity (Wildman–Crippen MR) is 71.4 cm³/mol. The Hall–Kier alpha value is -1.06. The SMILES string of the molecule is CCOC(=O)C(C)(C)C(C)(O)c1ccc(Cl)cc1. The second kappa shape index (κ2) is 5.29. The summed E-state index contributed by atoms with van der Waals surface area (Å²) in [4.78, 5) is 11.9. The summed E-state index contributed by atoms with van der Waals surface area (Å²) in [7, 11) is 0. The summed E-state index contributed by atoms with van der Waals surface area (Å²) < 4.78 is 5.01. The number of esters is 1. The second-order valence-electron chi connectivity index (χ2n) is 4.92. The number of carbonyl (C=O) groups excluding carboxylic acids is 1. The maximum Gasteiger partial charge on any atom is 0.314 e. The van der Waals surface area contributed by atoms with Crippen LogP contribution in [-0.4, -0.2) is 17.7 Å². The number of rotatable bonds is 4. The van der Waals surface area contributed by atoms with E-state index in [4.69, 9.17) is 16.3 Å². The molecule has 0 bridgehead atoms. The van der Waals surface area contributed by atoms with Crippen molar-refractivity contribution >= 4 is 17.6 Å². The maximum absolute atomic E-state index is 11.9. The third-order valence-corrected chi connectivity index (χ3v) is 3.66. The summed E-state index contributed by atoms with van der Waals surface area (Å²) in [6.45, 7) is 6.97. The normalized spacial score (nSPS) is 15.0. The van der Waals surface area contributed by atoms with Gasteiger partial charge in [-0.05, 0) is 45.4 Å². The summed E-state index contributed by atoms with van der Waals surface area (Å²) in [5.74, 6) is -0.426. The van der Waals surface area contributed by atoms with Crippen LogP contribution in [0.15, 0.2) is 24.3 Å². The zero-order valence-corrected chi connectivity index (χ0v) is 11.9. The zero-order valence-electron chi connectivity index (χ0n) is 11.2. The van der Waals surface area contributed by atoms with Crippen LogP contribution in [0.2, 0.25) is 5.02 Å². The summed E-state index contributed by atoms with van der Waals surface area (Å²) in [5, 5.41) is 11.2. The summed E-state index contributed by atoms with van der Waals surface area (Å²) in [6.07, 6.45) is 0. The van der Waals surface area contributed by atoms with Gasteiger partial charge in [-0.2, -0.15) is 0 Å². The van der Waals surface area contributed by atoms with Gasteiger partial charge in [0.05, 0.1) is 12.0 Å². The molecule has 4 heteroatoms. The highest BCUT2D eigenvalue weighted by molar-refractivity contribution is 6.30. The first-order valence-electron chi connectivity index (χ1n) is 5.89. The quantitative estimate of drug-likeness (QED) is 0.855. The Morgan fingerprint density at radius 3 is 2.22 bits per heavy atom. The summed E-state index contributed by atoms with van der Waals surface area (Å²) in [5.41, 5.74) is -1.74. The van der Waals surface area contributed by atoms with Crippen LogP contribution in [0.1, 0.15) is 33.3 Å². The van der Waals surface area contributed by atoms with Gasteiger partial charge in [0.2, 0.25) is 0 Å². The van der Waals surface area contributed by atoms with Crippen LogP contribution >= 0.6 is 11.6 Å². The van der Waals surface area contributed by atoms with E-state index in [1.165, 1.54) is 0 Å². The average Bonchev–Trinajstić information content (AvgIpc) is 2.29. The fourth-order valence-electron chi connectivity index (χ4n) is 1.65. The first kappa shape index (κ1) is 15.0. The molecule has 0 fully saturated rings. The van der Waals surface area contributed by atoms with Gasteiger partial charge in [0.1, 0.15) is 5.60 Å². The summed E-state index contributed by atoms with van der Waals surface area (Å²) >= 11 is 5.82. The molecule has 1 N–H and O–H groups in total. The van der Waals surface area contributed by atoms with Crippen molar-refractivity contribution in [1.82, 2.24) is 0 Å². The Labute approximate surface area is 113 Å². The highest BCUT2D eigenvalue weighted by atomic mass is 35.5. The molecular weight excluding hydrogens is 252 g/mol. The first-order valence-corrected chi connectivity index (χ1v) is 6.27. The molecule has 0 heterocycles. The highest BCUT2D eigenvalue weighted by Crippen LogP contribution is 2.40. The largest absolute Gasteiger partial charge is 0.465 e. The number of benzene rings is 1. The van der Waals surface area contributed by atoms with Crippen LogP contribution in [0.5, 0.6) is 0 Å². The van der Waals surface area contributed by atoms with Crippen molar-refractivity contribution in [3.63, 3.8) is 0 Å². The van der Waals surface area contributed by atoms with E-state index in [0.717, 1.165) is 0 Å². The third kappa shape index (κ3) is 2.68. The smallest absolute Gasteiger partial charge is 0.314 e. The summed E-state index contributed by atoms with van der Waals surface area (Å²) in [6, 6.07) is 6.80. The Balaban J connectivity index is 3.11. The van der Waals surface area contributed by atoms with Gasteiger partial charge in [-0.25, -0.2) is 0 Å². The van der Waals surface area contributed by atoms with E-state index in [1.54, 1.807) is 52.0 Å². The van der Waals surface area contributed by atoms with Crippen molar-refractivity contribution in [3.05, 3.63) is 34.9 Å². The van der Waals surface area contributed by atoms with Gasteiger partial charge < -0.3 is 9.84 Å². The molecule has 3 nitrogen and oxygen atoms in total. The van der Waals surface area contributed by atoms with Crippen molar-refractivity contribution in [1.29, 1.82) is 0 Å². The third-order valence-electron chi connectivity index (χ3n) is 3.41. The molecule has 1 rings (SSSR count). The standard InChI is InChI=1S/C14H19ClO3/c1-5-18-12(16)13(2,3)14(4,17)10-6-8-11(15)9-7-10/h6-9,17H,5H2,1-4H3. The number of aliphatic hydroxyl groups is 1. The number of hydrogen-bond acceptors (Lipinski definition) is 3. The van der Waals surface area contributed by atoms with Crippen LogP contribution in [0, 0.1) is 5.41 Å². The molecular formula is C14H19ClO3. The molecule has 0 saturated heterocycles. The molecule has 0 saturated carbocycles. The van der Waals surface area contributed by atoms with Gasteiger partial charge in [-0.3, -0.25) is 4.79 Å². The fourth-order valence-corrected chi connectivity index (χ4v) is 1.77. The molecule has 100 valence electrons. The highest BCUT2D eigenvalue weighted by Gasteiger charge is 2.47. The maximum atomic E-state index is 11.9. The monoisotopic (exact) mass is 270 g/mol. The molecule has 0 aliphatic rings. The Morgan fingerprint density at radius 1 is 1.28 bits per heavy atom. The molecule has 0 aliphatic carbocycles. The Kier molecular flexibility index (Phi) is 4.41. The lowest BCUT2D eigenvalue weighted by atomic mass is 9.72. The number of hydrogen-bond donors (Lipinski definition) is 1. The number of carbonyl (C=O) groups is 1. The van der Waals surface area contributed by atoms with Crippen molar-refractivity contribution in [2.24, 2.45) is 5.41 Å². The lowest BCUT2D eigenvalue weighted by Gasteiger charge is -2.38. The van der Waals surface area contributed by atoms with Crippen LogP contribution in [0.4, 0.5) is 0 Å². The minimum atomic E-state index is -1.33. The Morgan fingerprint density at radius 2 is 1.78 bits per heavy atom.